The van der Waals surface area contributed by atoms with Crippen LogP contribution in [0.25, 0.3) is 0 Å². The molecule has 2 aromatic rings. The average molecular weight is 697 g/mol. The Morgan fingerprint density at radius 1 is 0.300 bits per heavy atom. The van der Waals surface area contributed by atoms with Crippen molar-refractivity contribution < 1.29 is 9.13 Å². The standard InChI is InChI=1S/C46H88N4/c1-3-5-7-9-11-13-15-17-19-21-23-25-29-33-37-47-41-43-49(45-47)39-35-31-27-28-32-36-40-50-44-42-48(46-50)38-34-30-26-24-22-20-18-16-14-12-10-8-6-4-2/h41-46H,3-40H2,1-2H3/q+2. The van der Waals surface area contributed by atoms with Gasteiger partial charge in [0.2, 0.25) is 12.7 Å². The van der Waals surface area contributed by atoms with Gasteiger partial charge in [0.15, 0.2) is 0 Å². The minimum atomic E-state index is 1.18. The maximum absolute atomic E-state index is 2.41. The summed E-state index contributed by atoms with van der Waals surface area (Å²) in [6.45, 7) is 9.33. The van der Waals surface area contributed by atoms with Gasteiger partial charge in [-0.05, 0) is 51.4 Å². The van der Waals surface area contributed by atoms with Crippen LogP contribution in [0.3, 0.4) is 0 Å². The second kappa shape index (κ2) is 34.5. The van der Waals surface area contributed by atoms with Crippen molar-refractivity contribution in [2.75, 3.05) is 0 Å². The number of nitrogens with zero attached hydrogens (tertiary/aromatic N) is 4. The summed E-state index contributed by atoms with van der Waals surface area (Å²) in [4.78, 5) is 0. The van der Waals surface area contributed by atoms with Gasteiger partial charge in [-0.15, -0.1) is 0 Å². The van der Waals surface area contributed by atoms with Crippen LogP contribution in [-0.2, 0) is 26.2 Å². The summed E-state index contributed by atoms with van der Waals surface area (Å²) in [6, 6.07) is 0. The van der Waals surface area contributed by atoms with Crippen LogP contribution in [-0.4, -0.2) is 9.13 Å². The summed E-state index contributed by atoms with van der Waals surface area (Å²) in [5.41, 5.74) is 0. The summed E-state index contributed by atoms with van der Waals surface area (Å²) in [6.07, 6.45) is 62.0. The van der Waals surface area contributed by atoms with Crippen LogP contribution in [0.1, 0.15) is 232 Å². The Balaban J connectivity index is 1.31. The van der Waals surface area contributed by atoms with Crippen molar-refractivity contribution in [2.45, 2.75) is 258 Å². The van der Waals surface area contributed by atoms with Gasteiger partial charge in [-0.1, -0.05) is 181 Å². The molecule has 0 unspecified atom stereocenters. The van der Waals surface area contributed by atoms with Gasteiger partial charge in [-0.25, -0.2) is 18.3 Å². The van der Waals surface area contributed by atoms with Crippen molar-refractivity contribution in [1.29, 1.82) is 0 Å². The minimum Gasteiger partial charge on any atom is -0.237 e. The number of imidazole rings is 2. The van der Waals surface area contributed by atoms with Crippen molar-refractivity contribution in [3.63, 3.8) is 0 Å². The minimum absolute atomic E-state index is 1.18. The molecule has 0 radical (unpaired) electrons. The molecule has 2 heterocycles. The van der Waals surface area contributed by atoms with Gasteiger partial charge in [-0.3, -0.25) is 0 Å². The number of aryl methyl sites for hydroxylation is 4. The largest absolute Gasteiger partial charge is 0.243 e. The van der Waals surface area contributed by atoms with Gasteiger partial charge in [0.25, 0.3) is 0 Å². The molecule has 0 saturated heterocycles. The second-order valence-corrected chi connectivity index (χ2v) is 16.1. The molecule has 2 aromatic heterocycles. The van der Waals surface area contributed by atoms with E-state index in [4.69, 9.17) is 0 Å². The first-order chi connectivity index (χ1) is 24.8. The molecule has 50 heavy (non-hydrogen) atoms. The summed E-state index contributed by atoms with van der Waals surface area (Å²) in [5, 5.41) is 0. The van der Waals surface area contributed by atoms with E-state index in [0.717, 1.165) is 0 Å². The van der Waals surface area contributed by atoms with E-state index in [2.05, 4.69) is 69.6 Å². The number of aromatic nitrogens is 4. The van der Waals surface area contributed by atoms with Gasteiger partial charge in [0, 0.05) is 0 Å². The van der Waals surface area contributed by atoms with Gasteiger partial charge < -0.3 is 0 Å². The lowest BCUT2D eigenvalue weighted by Gasteiger charge is -2.03. The van der Waals surface area contributed by atoms with Gasteiger partial charge in [-0.2, -0.15) is 0 Å². The lowest BCUT2D eigenvalue weighted by molar-refractivity contribution is -0.697. The number of unbranched alkanes of at least 4 members (excludes halogenated alkanes) is 31. The normalized spacial score (nSPS) is 11.6. The van der Waals surface area contributed by atoms with Crippen molar-refractivity contribution >= 4 is 0 Å². The molecule has 0 aliphatic heterocycles. The highest BCUT2D eigenvalue weighted by atomic mass is 15.1. The van der Waals surface area contributed by atoms with Crippen molar-refractivity contribution in [3.8, 4) is 0 Å². The van der Waals surface area contributed by atoms with Crippen LogP contribution in [0.4, 0.5) is 0 Å². The summed E-state index contributed by atoms with van der Waals surface area (Å²) < 4.78 is 9.63. The highest BCUT2D eigenvalue weighted by Crippen LogP contribution is 2.15. The molecular weight excluding hydrogens is 609 g/mol. The van der Waals surface area contributed by atoms with Crippen molar-refractivity contribution in [3.05, 3.63) is 37.4 Å². The van der Waals surface area contributed by atoms with E-state index in [-0.39, 0.29) is 0 Å². The monoisotopic (exact) mass is 697 g/mol. The van der Waals surface area contributed by atoms with E-state index < -0.39 is 0 Å². The van der Waals surface area contributed by atoms with E-state index in [1.165, 1.54) is 244 Å². The Morgan fingerprint density at radius 3 is 0.820 bits per heavy atom. The molecule has 0 atom stereocenters. The van der Waals surface area contributed by atoms with Crippen LogP contribution < -0.4 is 9.13 Å². The van der Waals surface area contributed by atoms with Gasteiger partial charge in [0.1, 0.15) is 24.8 Å². The van der Waals surface area contributed by atoms with Crippen molar-refractivity contribution in [1.82, 2.24) is 9.13 Å². The zero-order chi connectivity index (χ0) is 35.4. The number of hydrogen-bond donors (Lipinski definition) is 0. The van der Waals surface area contributed by atoms with Crippen molar-refractivity contribution in [2.24, 2.45) is 0 Å². The zero-order valence-electron chi connectivity index (χ0n) is 34.1. The molecule has 0 fully saturated rings. The van der Waals surface area contributed by atoms with E-state index in [0.29, 0.717) is 0 Å². The first-order valence-electron chi connectivity index (χ1n) is 22.9. The molecule has 0 bridgehead atoms. The van der Waals surface area contributed by atoms with Crippen LogP contribution >= 0.6 is 0 Å². The quantitative estimate of drug-likeness (QED) is 0.0489. The highest BCUT2D eigenvalue weighted by molar-refractivity contribution is 4.67. The van der Waals surface area contributed by atoms with E-state index in [1.54, 1.807) is 0 Å². The Hall–Kier alpha value is -1.58. The van der Waals surface area contributed by atoms with Gasteiger partial charge in [0.05, 0.1) is 26.2 Å². The van der Waals surface area contributed by atoms with E-state index >= 15 is 0 Å². The first kappa shape index (κ1) is 44.6. The Morgan fingerprint density at radius 2 is 0.540 bits per heavy atom. The fourth-order valence-corrected chi connectivity index (χ4v) is 7.68. The Bertz CT molecular complexity index is 869. The smallest absolute Gasteiger partial charge is 0.237 e. The molecule has 2 rings (SSSR count). The lowest BCUT2D eigenvalue weighted by atomic mass is 10.0. The Labute approximate surface area is 313 Å². The molecule has 4 nitrogen and oxygen atoms in total. The molecule has 4 heteroatoms. The third kappa shape index (κ3) is 27.1. The maximum atomic E-state index is 2.41. The molecule has 0 amide bonds. The number of hydrogen-bond acceptors (Lipinski definition) is 0. The first-order valence-corrected chi connectivity index (χ1v) is 22.9. The van der Waals surface area contributed by atoms with Gasteiger partial charge >= 0.3 is 0 Å². The van der Waals surface area contributed by atoms with Crippen LogP contribution in [0.2, 0.25) is 0 Å². The molecule has 0 aliphatic rings. The topological polar surface area (TPSA) is 17.6 Å². The number of rotatable bonds is 39. The van der Waals surface area contributed by atoms with E-state index in [9.17, 15) is 0 Å². The van der Waals surface area contributed by atoms with E-state index in [1.807, 2.05) is 0 Å². The molecule has 0 N–H and O–H groups in total. The third-order valence-electron chi connectivity index (χ3n) is 11.1. The second-order valence-electron chi connectivity index (χ2n) is 16.1. The SMILES string of the molecule is CCCCCCCCCCCCCCCC[n+]1ccn(CCCCCCCCn2cc[n+](CCCCCCCCCCCCCCCC)c2)c1. The maximum Gasteiger partial charge on any atom is 0.243 e. The third-order valence-corrected chi connectivity index (χ3v) is 11.1. The zero-order valence-corrected chi connectivity index (χ0v) is 34.1. The molecule has 0 saturated carbocycles. The van der Waals surface area contributed by atoms with Crippen LogP contribution in [0.5, 0.6) is 0 Å². The Kier molecular flexibility index (Phi) is 30.8. The summed E-state index contributed by atoms with van der Waals surface area (Å²) in [7, 11) is 0. The lowest BCUT2D eigenvalue weighted by Crippen LogP contribution is -2.30. The summed E-state index contributed by atoms with van der Waals surface area (Å²) >= 11 is 0. The average Bonchev–Trinajstić information content (AvgIpc) is 3.79. The molecule has 290 valence electrons. The fourth-order valence-electron chi connectivity index (χ4n) is 7.68. The highest BCUT2D eigenvalue weighted by Gasteiger charge is 2.06. The fraction of sp³-hybridized carbons (Fsp3) is 0.870. The summed E-state index contributed by atoms with van der Waals surface area (Å²) in [5.74, 6) is 0. The predicted octanol–water partition coefficient (Wildman–Crippen LogP) is 13.9. The van der Waals surface area contributed by atoms with Crippen LogP contribution in [0, 0.1) is 0 Å². The molecule has 0 aliphatic carbocycles. The molecule has 0 aromatic carbocycles. The van der Waals surface area contributed by atoms with Crippen LogP contribution in [0.15, 0.2) is 37.4 Å². The molecule has 0 spiro atoms. The molecular formula is C46H88N4+2. The predicted molar refractivity (Wildman–Crippen MR) is 218 cm³/mol.